The van der Waals surface area contributed by atoms with Gasteiger partial charge in [0.25, 0.3) is 11.6 Å². The van der Waals surface area contributed by atoms with Gasteiger partial charge in [-0.25, -0.2) is 9.97 Å². The topological polar surface area (TPSA) is 94.2 Å². The zero-order chi connectivity index (χ0) is 23.4. The van der Waals surface area contributed by atoms with Crippen LogP contribution in [0.2, 0.25) is 0 Å². The van der Waals surface area contributed by atoms with E-state index in [1.165, 1.54) is 29.5 Å². The Labute approximate surface area is 195 Å². The lowest BCUT2D eigenvalue weighted by atomic mass is 10.1. The molecule has 0 aliphatic carbocycles. The molecule has 0 bridgehead atoms. The minimum atomic E-state index is -0.451. The summed E-state index contributed by atoms with van der Waals surface area (Å²) in [6.45, 7) is 5.28. The van der Waals surface area contributed by atoms with E-state index in [-0.39, 0.29) is 11.6 Å². The normalized spacial score (nSPS) is 11.3. The highest BCUT2D eigenvalue weighted by Crippen LogP contribution is 2.32. The molecule has 0 spiro atoms. The number of carbonyl (C=O) groups excluding carboxylic acids is 1. The van der Waals surface area contributed by atoms with Crippen molar-refractivity contribution in [1.29, 1.82) is 0 Å². The third-order valence-electron chi connectivity index (χ3n) is 5.16. The molecular formula is C24H23N5O3S. The van der Waals surface area contributed by atoms with Crippen molar-refractivity contribution in [2.75, 3.05) is 11.4 Å². The Kier molecular flexibility index (Phi) is 6.60. The van der Waals surface area contributed by atoms with Crippen LogP contribution >= 0.6 is 11.3 Å². The van der Waals surface area contributed by atoms with Crippen LogP contribution in [-0.4, -0.2) is 31.9 Å². The first kappa shape index (κ1) is 22.3. The second-order valence-corrected chi connectivity index (χ2v) is 8.73. The summed E-state index contributed by atoms with van der Waals surface area (Å²) >= 11 is 1.50. The quantitative estimate of drug-likeness (QED) is 0.205. The maximum absolute atomic E-state index is 13.2. The molecule has 0 fully saturated rings. The molecule has 33 heavy (non-hydrogen) atoms. The molecule has 8 nitrogen and oxygen atoms in total. The lowest BCUT2D eigenvalue weighted by Crippen LogP contribution is -2.30. The van der Waals surface area contributed by atoms with Crippen molar-refractivity contribution in [3.63, 3.8) is 0 Å². The number of imidazole rings is 1. The number of hydrogen-bond acceptors (Lipinski definition) is 6. The monoisotopic (exact) mass is 461 g/mol. The van der Waals surface area contributed by atoms with Crippen LogP contribution in [0.25, 0.3) is 16.3 Å². The van der Waals surface area contributed by atoms with Crippen LogP contribution in [-0.2, 0) is 11.3 Å². The summed E-state index contributed by atoms with van der Waals surface area (Å²) in [4.78, 5) is 34.3. The van der Waals surface area contributed by atoms with Crippen LogP contribution in [0.5, 0.6) is 0 Å². The van der Waals surface area contributed by atoms with E-state index in [0.29, 0.717) is 17.2 Å². The Hall–Kier alpha value is -3.85. The van der Waals surface area contributed by atoms with E-state index < -0.39 is 4.92 Å². The number of hydrogen-bond donors (Lipinski definition) is 0. The maximum Gasteiger partial charge on any atom is 0.270 e. The van der Waals surface area contributed by atoms with Gasteiger partial charge in [-0.2, -0.15) is 0 Å². The minimum absolute atomic E-state index is 0.0150. The number of nitrogens with zero attached hydrogens (tertiary/aromatic N) is 5. The van der Waals surface area contributed by atoms with Crippen molar-refractivity contribution in [3.8, 4) is 0 Å². The molecule has 0 radical (unpaired) electrons. The zero-order valence-corrected chi connectivity index (χ0v) is 19.2. The molecule has 0 saturated carbocycles. The van der Waals surface area contributed by atoms with Crippen molar-refractivity contribution in [1.82, 2.24) is 14.5 Å². The van der Waals surface area contributed by atoms with E-state index >= 15 is 0 Å². The largest absolute Gasteiger partial charge is 0.337 e. The minimum Gasteiger partial charge on any atom is -0.337 e. The molecule has 4 rings (SSSR count). The molecule has 2 heterocycles. The van der Waals surface area contributed by atoms with Crippen LogP contribution in [0.1, 0.15) is 23.1 Å². The van der Waals surface area contributed by atoms with Gasteiger partial charge in [0.15, 0.2) is 5.13 Å². The van der Waals surface area contributed by atoms with Gasteiger partial charge in [0, 0.05) is 43.7 Å². The maximum atomic E-state index is 13.2. The number of non-ortho nitro benzene ring substituents is 1. The Balaban J connectivity index is 1.60. The Morgan fingerprint density at radius 3 is 2.88 bits per heavy atom. The molecule has 9 heteroatoms. The molecule has 0 aliphatic heterocycles. The number of thiazole rings is 1. The molecule has 0 atom stereocenters. The van der Waals surface area contributed by atoms with Crippen LogP contribution in [0.4, 0.5) is 10.8 Å². The van der Waals surface area contributed by atoms with Gasteiger partial charge in [-0.3, -0.25) is 19.8 Å². The second-order valence-electron chi connectivity index (χ2n) is 7.76. The van der Waals surface area contributed by atoms with Crippen molar-refractivity contribution in [2.45, 2.75) is 26.8 Å². The highest BCUT2D eigenvalue weighted by Gasteiger charge is 2.19. The molecule has 0 unspecified atom stereocenters. The number of aromatic nitrogens is 3. The molecule has 0 N–H and O–H groups in total. The molecule has 168 valence electrons. The summed E-state index contributed by atoms with van der Waals surface area (Å²) < 4.78 is 3.03. The second kappa shape index (κ2) is 9.74. The standard InChI is InChI=1S/C24H23N5O3S/c1-17-13-18(2)23-21(14-17)26-24(33-23)28(11-4-10-27-12-9-25-16-27)22(30)8-7-19-5-3-6-20(15-19)29(31)32/h3,5-9,12-16H,4,10-11H2,1-2H3/b8-7+. The van der Waals surface area contributed by atoms with Crippen LogP contribution in [0.3, 0.4) is 0 Å². The summed E-state index contributed by atoms with van der Waals surface area (Å²) in [6, 6.07) is 10.3. The molecule has 2 aromatic heterocycles. The zero-order valence-electron chi connectivity index (χ0n) is 18.3. The Morgan fingerprint density at radius 1 is 1.27 bits per heavy atom. The van der Waals surface area contributed by atoms with E-state index in [4.69, 9.17) is 4.98 Å². The highest BCUT2D eigenvalue weighted by atomic mass is 32.1. The number of nitro groups is 1. The van der Waals surface area contributed by atoms with Gasteiger partial charge in [0.05, 0.1) is 21.5 Å². The van der Waals surface area contributed by atoms with Gasteiger partial charge in [0.2, 0.25) is 0 Å². The van der Waals surface area contributed by atoms with Gasteiger partial charge in [-0.1, -0.05) is 29.5 Å². The van der Waals surface area contributed by atoms with Crippen LogP contribution in [0.15, 0.2) is 61.2 Å². The van der Waals surface area contributed by atoms with Crippen LogP contribution < -0.4 is 4.90 Å². The smallest absolute Gasteiger partial charge is 0.270 e. The Morgan fingerprint density at radius 2 is 2.12 bits per heavy atom. The van der Waals surface area contributed by atoms with Gasteiger partial charge < -0.3 is 4.57 Å². The van der Waals surface area contributed by atoms with Crippen molar-refractivity contribution in [3.05, 3.63) is 88.0 Å². The average Bonchev–Trinajstić information content (AvgIpc) is 3.45. The van der Waals surface area contributed by atoms with Crippen molar-refractivity contribution >= 4 is 44.4 Å². The van der Waals surface area contributed by atoms with Gasteiger partial charge in [-0.05, 0) is 49.1 Å². The van der Waals surface area contributed by atoms with E-state index in [2.05, 4.69) is 11.1 Å². The van der Waals surface area contributed by atoms with Gasteiger partial charge in [-0.15, -0.1) is 0 Å². The molecule has 0 saturated heterocycles. The SMILES string of the molecule is Cc1cc(C)c2sc(N(CCCn3ccnc3)C(=O)/C=C/c3cccc([N+](=O)[O-])c3)nc2c1. The summed E-state index contributed by atoms with van der Waals surface area (Å²) in [5, 5.41) is 11.7. The molecule has 0 aliphatic rings. The molecule has 1 amide bonds. The third-order valence-corrected chi connectivity index (χ3v) is 6.39. The number of aryl methyl sites for hydroxylation is 3. The van der Waals surface area contributed by atoms with Gasteiger partial charge >= 0.3 is 0 Å². The highest BCUT2D eigenvalue weighted by molar-refractivity contribution is 7.22. The van der Waals surface area contributed by atoms with Gasteiger partial charge in [0.1, 0.15) is 0 Å². The number of benzene rings is 2. The fraction of sp³-hybridized carbons (Fsp3) is 0.208. The summed E-state index contributed by atoms with van der Waals surface area (Å²) in [5.41, 5.74) is 3.71. The van der Waals surface area contributed by atoms with Crippen molar-refractivity contribution < 1.29 is 9.72 Å². The number of anilines is 1. The third kappa shape index (κ3) is 5.32. The fourth-order valence-electron chi connectivity index (χ4n) is 3.61. The Bertz CT molecular complexity index is 1330. The predicted octanol–water partition coefficient (Wildman–Crippen LogP) is 5.15. The van der Waals surface area contributed by atoms with E-state index in [1.807, 2.05) is 30.7 Å². The van der Waals surface area contributed by atoms with E-state index in [0.717, 1.165) is 34.3 Å². The predicted molar refractivity (Wildman–Crippen MR) is 130 cm³/mol. The average molecular weight is 462 g/mol. The van der Waals surface area contributed by atoms with E-state index in [1.54, 1.807) is 35.6 Å². The molecule has 2 aromatic carbocycles. The fourth-order valence-corrected chi connectivity index (χ4v) is 4.66. The lowest BCUT2D eigenvalue weighted by molar-refractivity contribution is -0.384. The number of fused-ring (bicyclic) bond motifs is 1. The first-order valence-electron chi connectivity index (χ1n) is 10.5. The summed E-state index contributed by atoms with van der Waals surface area (Å²) in [5.74, 6) is -0.222. The number of rotatable bonds is 8. The first-order valence-corrected chi connectivity index (χ1v) is 11.3. The molecule has 4 aromatic rings. The van der Waals surface area contributed by atoms with Crippen molar-refractivity contribution in [2.24, 2.45) is 0 Å². The van der Waals surface area contributed by atoms with E-state index in [9.17, 15) is 14.9 Å². The van der Waals surface area contributed by atoms with Crippen LogP contribution in [0, 0.1) is 24.0 Å². The lowest BCUT2D eigenvalue weighted by Gasteiger charge is -2.18. The molecular weight excluding hydrogens is 438 g/mol. The number of carbonyl (C=O) groups is 1. The first-order chi connectivity index (χ1) is 15.9. The summed E-state index contributed by atoms with van der Waals surface area (Å²) in [6.07, 6.45) is 9.13. The number of amides is 1. The number of nitro benzene ring substituents is 1. The summed E-state index contributed by atoms with van der Waals surface area (Å²) in [7, 11) is 0.